The summed E-state index contributed by atoms with van der Waals surface area (Å²) in [7, 11) is 1.69. The lowest BCUT2D eigenvalue weighted by molar-refractivity contribution is 0.199. The highest BCUT2D eigenvalue weighted by atomic mass is 16.5. The first-order valence-corrected chi connectivity index (χ1v) is 6.42. The van der Waals surface area contributed by atoms with Gasteiger partial charge < -0.3 is 10.1 Å². The summed E-state index contributed by atoms with van der Waals surface area (Å²) in [6.07, 6.45) is 6.72. The van der Waals surface area contributed by atoms with Crippen LogP contribution in [-0.2, 0) is 11.3 Å². The van der Waals surface area contributed by atoms with Crippen LogP contribution in [0.5, 0.6) is 0 Å². The summed E-state index contributed by atoms with van der Waals surface area (Å²) in [5.41, 5.74) is 0.482. The molecule has 2 rings (SSSR count). The topological polar surface area (TPSA) is 73.4 Å². The van der Waals surface area contributed by atoms with Gasteiger partial charge >= 0.3 is 5.69 Å². The summed E-state index contributed by atoms with van der Waals surface area (Å²) in [6.45, 7) is 3.13. The minimum Gasteiger partial charge on any atom is -0.383 e. The van der Waals surface area contributed by atoms with E-state index in [2.05, 4.69) is 15.4 Å². The molecule has 0 unspecified atom stereocenters. The molecule has 0 aliphatic carbocycles. The molecule has 2 aromatic heterocycles. The number of unbranched alkanes of at least 4 members (excludes halogenated alkanes) is 1. The van der Waals surface area contributed by atoms with Gasteiger partial charge in [0.25, 0.3) is 0 Å². The molecule has 0 fully saturated rings. The van der Waals surface area contributed by atoms with E-state index in [-0.39, 0.29) is 5.69 Å². The molecule has 0 saturated carbocycles. The standard InChI is InChI=1S/C12H19N5O2/c1-19-9-6-13-4-2-3-7-17-12(18)16-8-5-14-10-11(16)15-17/h5,8,10,13H,2-4,6-7,9H2,1H3. The quantitative estimate of drug-likeness (QED) is 0.675. The van der Waals surface area contributed by atoms with Crippen molar-refractivity contribution < 1.29 is 4.74 Å². The van der Waals surface area contributed by atoms with E-state index in [1.807, 2.05) is 0 Å². The summed E-state index contributed by atoms with van der Waals surface area (Å²) in [4.78, 5) is 15.9. The summed E-state index contributed by atoms with van der Waals surface area (Å²) >= 11 is 0. The van der Waals surface area contributed by atoms with Crippen LogP contribution in [0.25, 0.3) is 5.65 Å². The van der Waals surface area contributed by atoms with Gasteiger partial charge in [0.05, 0.1) is 12.8 Å². The third kappa shape index (κ3) is 3.62. The van der Waals surface area contributed by atoms with Crippen LogP contribution in [0.15, 0.2) is 23.4 Å². The maximum Gasteiger partial charge on any atom is 0.350 e. The molecule has 0 bridgehead atoms. The maximum absolute atomic E-state index is 11.9. The molecule has 0 radical (unpaired) electrons. The number of methoxy groups -OCH3 is 1. The van der Waals surface area contributed by atoms with Gasteiger partial charge in [-0.1, -0.05) is 0 Å². The van der Waals surface area contributed by atoms with E-state index < -0.39 is 0 Å². The number of rotatable bonds is 8. The van der Waals surface area contributed by atoms with Crippen LogP contribution >= 0.6 is 0 Å². The minimum atomic E-state index is -0.107. The Labute approximate surface area is 111 Å². The SMILES string of the molecule is COCCNCCCCn1nc2cnccn2c1=O. The van der Waals surface area contributed by atoms with Crippen molar-refractivity contribution in [1.82, 2.24) is 24.5 Å². The molecule has 0 aliphatic rings. The van der Waals surface area contributed by atoms with Gasteiger partial charge in [-0.25, -0.2) is 13.9 Å². The molecule has 19 heavy (non-hydrogen) atoms. The molecule has 0 atom stereocenters. The second-order valence-corrected chi connectivity index (χ2v) is 4.26. The largest absolute Gasteiger partial charge is 0.383 e. The van der Waals surface area contributed by atoms with Gasteiger partial charge in [-0.2, -0.15) is 0 Å². The zero-order chi connectivity index (χ0) is 13.5. The van der Waals surface area contributed by atoms with Gasteiger partial charge in [-0.15, -0.1) is 5.10 Å². The smallest absolute Gasteiger partial charge is 0.350 e. The Bertz CT molecular complexity index is 562. The maximum atomic E-state index is 11.9. The molecule has 1 N–H and O–H groups in total. The second kappa shape index (κ2) is 7.01. The highest BCUT2D eigenvalue weighted by Gasteiger charge is 2.05. The molecular formula is C12H19N5O2. The van der Waals surface area contributed by atoms with Gasteiger partial charge in [0.2, 0.25) is 0 Å². The molecule has 0 aliphatic heterocycles. The van der Waals surface area contributed by atoms with Crippen molar-refractivity contribution in [2.24, 2.45) is 0 Å². The van der Waals surface area contributed by atoms with Gasteiger partial charge in [-0.3, -0.25) is 4.98 Å². The highest BCUT2D eigenvalue weighted by Crippen LogP contribution is 1.95. The Kier molecular flexibility index (Phi) is 5.05. The molecule has 2 aromatic rings. The molecule has 0 aromatic carbocycles. The first-order chi connectivity index (χ1) is 9.33. The molecule has 0 spiro atoms. The van der Waals surface area contributed by atoms with Crippen molar-refractivity contribution in [2.45, 2.75) is 19.4 Å². The number of nitrogens with zero attached hydrogens (tertiary/aromatic N) is 4. The first kappa shape index (κ1) is 13.7. The second-order valence-electron chi connectivity index (χ2n) is 4.26. The van der Waals surface area contributed by atoms with Crippen molar-refractivity contribution >= 4 is 5.65 Å². The zero-order valence-corrected chi connectivity index (χ0v) is 11.1. The number of aryl methyl sites for hydroxylation is 1. The van der Waals surface area contributed by atoms with E-state index in [9.17, 15) is 4.79 Å². The fourth-order valence-electron chi connectivity index (χ4n) is 1.84. The lowest BCUT2D eigenvalue weighted by Gasteiger charge is -2.03. The lowest BCUT2D eigenvalue weighted by atomic mass is 10.3. The predicted octanol–water partition coefficient (Wildman–Crippen LogP) is -0.0928. The van der Waals surface area contributed by atoms with Crippen molar-refractivity contribution in [3.63, 3.8) is 0 Å². The monoisotopic (exact) mass is 265 g/mol. The molecule has 104 valence electrons. The van der Waals surface area contributed by atoms with Crippen molar-refractivity contribution in [1.29, 1.82) is 0 Å². The van der Waals surface area contributed by atoms with E-state index in [0.29, 0.717) is 12.2 Å². The van der Waals surface area contributed by atoms with Gasteiger partial charge in [0.15, 0.2) is 5.65 Å². The summed E-state index contributed by atoms with van der Waals surface area (Å²) in [6, 6.07) is 0. The minimum absolute atomic E-state index is 0.107. The Balaban J connectivity index is 1.79. The lowest BCUT2D eigenvalue weighted by Crippen LogP contribution is -2.23. The summed E-state index contributed by atoms with van der Waals surface area (Å²) in [5, 5.41) is 7.49. The molecule has 2 heterocycles. The molecule has 7 heteroatoms. The van der Waals surface area contributed by atoms with E-state index in [1.165, 1.54) is 9.08 Å². The van der Waals surface area contributed by atoms with Crippen LogP contribution in [0.3, 0.4) is 0 Å². The predicted molar refractivity (Wildman–Crippen MR) is 71.2 cm³/mol. The fourth-order valence-corrected chi connectivity index (χ4v) is 1.84. The molecule has 0 saturated heterocycles. The summed E-state index contributed by atoms with van der Waals surface area (Å²) in [5.74, 6) is 0. The molecule has 0 amide bonds. The number of nitrogens with one attached hydrogen (secondary N) is 1. The number of hydrogen-bond acceptors (Lipinski definition) is 5. The van der Waals surface area contributed by atoms with Crippen LogP contribution in [0.4, 0.5) is 0 Å². The van der Waals surface area contributed by atoms with Crippen molar-refractivity contribution in [2.75, 3.05) is 26.8 Å². The summed E-state index contributed by atoms with van der Waals surface area (Å²) < 4.78 is 7.94. The Hall–Kier alpha value is -1.73. The molecular weight excluding hydrogens is 246 g/mol. The zero-order valence-electron chi connectivity index (χ0n) is 11.1. The van der Waals surface area contributed by atoms with Gasteiger partial charge in [-0.05, 0) is 19.4 Å². The number of fused-ring (bicyclic) bond motifs is 1. The van der Waals surface area contributed by atoms with E-state index in [4.69, 9.17) is 4.74 Å². The van der Waals surface area contributed by atoms with Crippen LogP contribution in [0, 0.1) is 0 Å². The molecule has 7 nitrogen and oxygen atoms in total. The number of aromatic nitrogens is 4. The average Bonchev–Trinajstić information content (AvgIpc) is 2.75. The average molecular weight is 265 g/mol. The normalized spacial score (nSPS) is 11.2. The van der Waals surface area contributed by atoms with E-state index >= 15 is 0 Å². The number of ether oxygens (including phenoxy) is 1. The van der Waals surface area contributed by atoms with Crippen LogP contribution in [-0.4, -0.2) is 46.0 Å². The Morgan fingerprint density at radius 1 is 1.37 bits per heavy atom. The highest BCUT2D eigenvalue weighted by molar-refractivity contribution is 5.31. The Morgan fingerprint density at radius 3 is 3.05 bits per heavy atom. The van der Waals surface area contributed by atoms with Gasteiger partial charge in [0, 0.05) is 32.6 Å². The van der Waals surface area contributed by atoms with Crippen molar-refractivity contribution in [3.05, 3.63) is 29.1 Å². The van der Waals surface area contributed by atoms with Crippen LogP contribution in [0.1, 0.15) is 12.8 Å². The van der Waals surface area contributed by atoms with Gasteiger partial charge in [0.1, 0.15) is 0 Å². The third-order valence-corrected chi connectivity index (χ3v) is 2.85. The van der Waals surface area contributed by atoms with Crippen molar-refractivity contribution in [3.8, 4) is 0 Å². The third-order valence-electron chi connectivity index (χ3n) is 2.85. The Morgan fingerprint density at radius 2 is 2.26 bits per heavy atom. The van der Waals surface area contributed by atoms with E-state index in [1.54, 1.807) is 25.7 Å². The first-order valence-electron chi connectivity index (χ1n) is 6.42. The number of hydrogen-bond donors (Lipinski definition) is 1. The van der Waals surface area contributed by atoms with Crippen LogP contribution in [0.2, 0.25) is 0 Å². The van der Waals surface area contributed by atoms with E-state index in [0.717, 1.165) is 32.5 Å². The van der Waals surface area contributed by atoms with Crippen LogP contribution < -0.4 is 11.0 Å². The fraction of sp³-hybridized carbons (Fsp3) is 0.583.